The van der Waals surface area contributed by atoms with E-state index in [-0.39, 0.29) is 34.8 Å². The van der Waals surface area contributed by atoms with Crippen LogP contribution in [0.4, 0.5) is 0 Å². The number of ketones is 2. The molecule has 4 aliphatic carbocycles. The van der Waals surface area contributed by atoms with Crippen LogP contribution in [-0.4, -0.2) is 34.3 Å². The van der Waals surface area contributed by atoms with E-state index >= 15 is 0 Å². The van der Waals surface area contributed by atoms with Crippen molar-refractivity contribution in [2.45, 2.75) is 77.4 Å². The van der Waals surface area contributed by atoms with E-state index in [4.69, 9.17) is 4.74 Å². The van der Waals surface area contributed by atoms with Crippen LogP contribution in [0.5, 0.6) is 0 Å². The smallest absolute Gasteiger partial charge is 0.303 e. The number of Topliss-reactive ketones (excluding diaryl/α,β-unsaturated/α-hetero) is 1. The molecule has 0 bridgehead atoms. The van der Waals surface area contributed by atoms with Crippen LogP contribution in [-0.2, 0) is 19.1 Å². The molecule has 5 nitrogen and oxygen atoms in total. The lowest BCUT2D eigenvalue weighted by Crippen LogP contribution is -2.63. The molecule has 6 atom stereocenters. The molecule has 26 heavy (non-hydrogen) atoms. The van der Waals surface area contributed by atoms with Gasteiger partial charge in [-0.2, -0.15) is 0 Å². The van der Waals surface area contributed by atoms with Crippen molar-refractivity contribution in [1.29, 1.82) is 0 Å². The Hall–Kier alpha value is -1.49. The minimum absolute atomic E-state index is 0.0866. The summed E-state index contributed by atoms with van der Waals surface area (Å²) < 4.78 is 5.62. The standard InChI is InChI=1S/C21H28O5/c1-12(22)26-17-11-15-14(19(2)7-4-13(23)10-16(17)19)5-8-20(3)18(24)6-9-21(15,20)25/h10,14-15,17,25H,4-9,11H2,1-3H3/t14-,15+,17+,19+,20+,21+/m0/s1. The van der Waals surface area contributed by atoms with Crippen molar-refractivity contribution in [2.24, 2.45) is 22.7 Å². The normalized spacial score (nSPS) is 47.5. The first-order chi connectivity index (χ1) is 12.1. The molecule has 3 saturated carbocycles. The van der Waals surface area contributed by atoms with Crippen LogP contribution < -0.4 is 0 Å². The summed E-state index contributed by atoms with van der Waals surface area (Å²) in [5, 5.41) is 11.7. The van der Waals surface area contributed by atoms with Crippen LogP contribution in [0.3, 0.4) is 0 Å². The van der Waals surface area contributed by atoms with Gasteiger partial charge in [-0.05, 0) is 67.9 Å². The summed E-state index contributed by atoms with van der Waals surface area (Å²) in [5.41, 5.74) is -1.08. The van der Waals surface area contributed by atoms with Crippen LogP contribution in [0.25, 0.3) is 0 Å². The number of fused-ring (bicyclic) bond motifs is 5. The first-order valence-corrected chi connectivity index (χ1v) is 9.80. The van der Waals surface area contributed by atoms with Gasteiger partial charge in [-0.25, -0.2) is 0 Å². The summed E-state index contributed by atoms with van der Waals surface area (Å²) in [5.74, 6) is -0.0101. The van der Waals surface area contributed by atoms with E-state index in [0.717, 1.165) is 18.4 Å². The van der Waals surface area contributed by atoms with Gasteiger partial charge in [-0.1, -0.05) is 6.92 Å². The third-order valence-electron chi connectivity index (χ3n) is 8.17. The van der Waals surface area contributed by atoms with Gasteiger partial charge in [0, 0.05) is 19.8 Å². The Bertz CT molecular complexity index is 724. The number of hydrogen-bond acceptors (Lipinski definition) is 5. The highest BCUT2D eigenvalue weighted by molar-refractivity contribution is 5.92. The Morgan fingerprint density at radius 2 is 1.88 bits per heavy atom. The van der Waals surface area contributed by atoms with Crippen molar-refractivity contribution in [1.82, 2.24) is 0 Å². The molecule has 0 aromatic rings. The SMILES string of the molecule is CC(=O)O[C@@H]1C[C@@H]2[C@H](CC[C@]3(C)C(=O)CC[C@@]23O)[C@@]2(C)CCC(=O)C=C12. The molecule has 0 aromatic carbocycles. The molecule has 0 amide bonds. The van der Waals surface area contributed by atoms with E-state index < -0.39 is 17.1 Å². The number of carbonyl (C=O) groups excluding carboxylic acids is 3. The third-order valence-corrected chi connectivity index (χ3v) is 8.17. The summed E-state index contributed by atoms with van der Waals surface area (Å²) >= 11 is 0. The van der Waals surface area contributed by atoms with E-state index in [1.807, 2.05) is 6.92 Å². The molecule has 0 heterocycles. The molecule has 142 valence electrons. The molecule has 0 aliphatic heterocycles. The monoisotopic (exact) mass is 360 g/mol. The van der Waals surface area contributed by atoms with Crippen molar-refractivity contribution in [3.63, 3.8) is 0 Å². The zero-order chi connectivity index (χ0) is 18.9. The zero-order valence-corrected chi connectivity index (χ0v) is 15.8. The topological polar surface area (TPSA) is 80.7 Å². The van der Waals surface area contributed by atoms with Crippen LogP contribution in [0.1, 0.15) is 65.7 Å². The average molecular weight is 360 g/mol. The summed E-state index contributed by atoms with van der Waals surface area (Å²) in [6, 6.07) is 0. The van der Waals surface area contributed by atoms with E-state index in [2.05, 4.69) is 6.92 Å². The molecule has 5 heteroatoms. The minimum Gasteiger partial charge on any atom is -0.458 e. The second kappa shape index (κ2) is 5.51. The lowest BCUT2D eigenvalue weighted by Gasteiger charge is -2.61. The Morgan fingerprint density at radius 1 is 1.15 bits per heavy atom. The first-order valence-electron chi connectivity index (χ1n) is 9.80. The molecule has 0 unspecified atom stereocenters. The Balaban J connectivity index is 1.80. The predicted molar refractivity (Wildman–Crippen MR) is 94.1 cm³/mol. The van der Waals surface area contributed by atoms with Crippen LogP contribution in [0, 0.1) is 22.7 Å². The molecule has 0 saturated heterocycles. The lowest BCUT2D eigenvalue weighted by molar-refractivity contribution is -0.192. The molecular formula is C21H28O5. The molecule has 4 rings (SSSR count). The fourth-order valence-corrected chi connectivity index (χ4v) is 6.62. The van der Waals surface area contributed by atoms with Gasteiger partial charge in [-0.15, -0.1) is 0 Å². The van der Waals surface area contributed by atoms with E-state index in [9.17, 15) is 19.5 Å². The van der Waals surface area contributed by atoms with Crippen LogP contribution in [0.15, 0.2) is 11.6 Å². The first kappa shape index (κ1) is 17.9. The molecule has 3 fully saturated rings. The second-order valence-corrected chi connectivity index (χ2v) is 9.25. The molecule has 4 aliphatic rings. The Morgan fingerprint density at radius 3 is 2.58 bits per heavy atom. The maximum Gasteiger partial charge on any atom is 0.303 e. The van der Waals surface area contributed by atoms with Crippen molar-refractivity contribution >= 4 is 17.5 Å². The highest BCUT2D eigenvalue weighted by Crippen LogP contribution is 2.66. The van der Waals surface area contributed by atoms with Crippen molar-refractivity contribution in [2.75, 3.05) is 0 Å². The fraction of sp³-hybridized carbons (Fsp3) is 0.762. The number of rotatable bonds is 1. The van der Waals surface area contributed by atoms with Gasteiger partial charge in [0.15, 0.2) is 5.78 Å². The van der Waals surface area contributed by atoms with E-state index in [1.54, 1.807) is 6.08 Å². The minimum atomic E-state index is -1.04. The number of ether oxygens (including phenoxy) is 1. The van der Waals surface area contributed by atoms with Gasteiger partial charge in [0.2, 0.25) is 0 Å². The second-order valence-electron chi connectivity index (χ2n) is 9.25. The van der Waals surface area contributed by atoms with Gasteiger partial charge >= 0.3 is 5.97 Å². The van der Waals surface area contributed by atoms with Gasteiger partial charge in [0.25, 0.3) is 0 Å². The molecule has 0 aromatic heterocycles. The number of carbonyl (C=O) groups is 3. The highest BCUT2D eigenvalue weighted by Gasteiger charge is 2.68. The molecule has 1 N–H and O–H groups in total. The largest absolute Gasteiger partial charge is 0.458 e. The fourth-order valence-electron chi connectivity index (χ4n) is 6.62. The third kappa shape index (κ3) is 2.16. The highest BCUT2D eigenvalue weighted by atomic mass is 16.5. The predicted octanol–water partition coefficient (Wildman–Crippen LogP) is 2.74. The Labute approximate surface area is 154 Å². The van der Waals surface area contributed by atoms with Crippen molar-refractivity contribution in [3.05, 3.63) is 11.6 Å². The summed E-state index contributed by atoms with van der Waals surface area (Å²) in [7, 11) is 0. The molecule has 0 spiro atoms. The lowest BCUT2D eigenvalue weighted by atomic mass is 9.45. The van der Waals surface area contributed by atoms with Crippen LogP contribution >= 0.6 is 0 Å². The van der Waals surface area contributed by atoms with Gasteiger partial charge in [-0.3, -0.25) is 14.4 Å². The summed E-state index contributed by atoms with van der Waals surface area (Å²) in [6.07, 6.45) is 5.38. The van der Waals surface area contributed by atoms with E-state index in [1.165, 1.54) is 6.92 Å². The van der Waals surface area contributed by atoms with E-state index in [0.29, 0.717) is 32.1 Å². The molecule has 0 radical (unpaired) electrons. The Kier molecular flexibility index (Phi) is 3.79. The van der Waals surface area contributed by atoms with Gasteiger partial charge in [0.1, 0.15) is 11.9 Å². The summed E-state index contributed by atoms with van der Waals surface area (Å²) in [6.45, 7) is 5.45. The number of aliphatic hydroxyl groups is 1. The van der Waals surface area contributed by atoms with Crippen LogP contribution in [0.2, 0.25) is 0 Å². The quantitative estimate of drug-likeness (QED) is 0.727. The van der Waals surface area contributed by atoms with Gasteiger partial charge < -0.3 is 9.84 Å². The van der Waals surface area contributed by atoms with Gasteiger partial charge in [0.05, 0.1) is 11.0 Å². The maximum atomic E-state index is 12.6. The number of esters is 1. The maximum absolute atomic E-state index is 12.6. The average Bonchev–Trinajstić information content (AvgIpc) is 2.81. The zero-order valence-electron chi connectivity index (χ0n) is 15.8. The van der Waals surface area contributed by atoms with Crippen molar-refractivity contribution < 1.29 is 24.2 Å². The summed E-state index contributed by atoms with van der Waals surface area (Å²) in [4.78, 5) is 36.4. The van der Waals surface area contributed by atoms with Crippen molar-refractivity contribution in [3.8, 4) is 0 Å². The number of hydrogen-bond donors (Lipinski definition) is 1. The molecular weight excluding hydrogens is 332 g/mol.